The summed E-state index contributed by atoms with van der Waals surface area (Å²) < 4.78 is 12.8. The van der Waals surface area contributed by atoms with Gasteiger partial charge in [-0.05, 0) is 82.8 Å². The van der Waals surface area contributed by atoms with Gasteiger partial charge in [0.25, 0.3) is 0 Å². The quantitative estimate of drug-likeness (QED) is 0.154. The lowest BCUT2D eigenvalue weighted by atomic mass is 9.87. The molecule has 230 valence electrons. The monoisotopic (exact) mass is 639 g/mol. The zero-order valence-corrected chi connectivity index (χ0v) is 27.2. The largest absolute Gasteiger partial charge is 0.468 e. The molecule has 0 aliphatic rings. The van der Waals surface area contributed by atoms with Crippen molar-refractivity contribution in [1.29, 1.82) is 0 Å². The summed E-state index contributed by atoms with van der Waals surface area (Å²) in [5.41, 5.74) is 5.81. The number of aromatic nitrogens is 2. The van der Waals surface area contributed by atoms with E-state index in [-0.39, 0.29) is 17.9 Å². The normalized spacial score (nSPS) is 11.5. The van der Waals surface area contributed by atoms with E-state index in [0.29, 0.717) is 16.6 Å². The molecule has 0 atom stereocenters. The van der Waals surface area contributed by atoms with Gasteiger partial charge < -0.3 is 19.4 Å². The first kappa shape index (κ1) is 31.9. The van der Waals surface area contributed by atoms with E-state index in [1.807, 2.05) is 85.1 Å². The van der Waals surface area contributed by atoms with Crippen molar-refractivity contribution in [3.8, 4) is 22.8 Å². The second-order valence-electron chi connectivity index (χ2n) is 11.6. The minimum atomic E-state index is -0.324. The number of rotatable bonds is 10. The molecule has 0 fully saturated rings. The third kappa shape index (κ3) is 8.56. The van der Waals surface area contributed by atoms with Crippen LogP contribution in [-0.2, 0) is 21.5 Å². The minimum Gasteiger partial charge on any atom is -0.468 e. The standard InChI is InChI=1S/C37H35Cl2N3O3/c1-37(2,3)27-10-17-31(18-11-27)45-30-15-7-25(8-16-30)9-20-35-41-34(32-19-12-28(38)21-33(32)39)24-42(35)23-26-5-13-29(14-6-26)40-22-36(43)44-4/h5-21,24,40H,22-23H2,1-4H3/b20-9+. The molecule has 8 heteroatoms. The smallest absolute Gasteiger partial charge is 0.325 e. The SMILES string of the molecule is COC(=O)CNc1ccc(Cn2cc(-c3ccc(Cl)cc3Cl)nc2/C=C/c2ccc(Oc3ccc(C(C)(C)C)cc3)cc2)cc1. The first-order valence-corrected chi connectivity index (χ1v) is 15.3. The van der Waals surface area contributed by atoms with Gasteiger partial charge in [-0.25, -0.2) is 4.98 Å². The molecule has 1 heterocycles. The van der Waals surface area contributed by atoms with E-state index in [0.717, 1.165) is 45.4 Å². The fraction of sp³-hybridized carbons (Fsp3) is 0.189. The van der Waals surface area contributed by atoms with E-state index in [1.54, 1.807) is 12.1 Å². The topological polar surface area (TPSA) is 65.4 Å². The number of methoxy groups -OCH3 is 1. The van der Waals surface area contributed by atoms with Crippen LogP contribution in [0.5, 0.6) is 11.5 Å². The number of ether oxygens (including phenoxy) is 2. The molecular weight excluding hydrogens is 605 g/mol. The molecule has 45 heavy (non-hydrogen) atoms. The summed E-state index contributed by atoms with van der Waals surface area (Å²) in [4.78, 5) is 16.4. The third-order valence-electron chi connectivity index (χ3n) is 7.25. The minimum absolute atomic E-state index is 0.0952. The number of hydrogen-bond donors (Lipinski definition) is 1. The van der Waals surface area contributed by atoms with E-state index in [4.69, 9.17) is 37.7 Å². The van der Waals surface area contributed by atoms with E-state index < -0.39 is 0 Å². The van der Waals surface area contributed by atoms with Crippen LogP contribution >= 0.6 is 23.2 Å². The number of nitrogens with zero attached hydrogens (tertiary/aromatic N) is 2. The number of nitrogens with one attached hydrogen (secondary N) is 1. The van der Waals surface area contributed by atoms with Crippen molar-refractivity contribution in [2.45, 2.75) is 32.7 Å². The highest BCUT2D eigenvalue weighted by Crippen LogP contribution is 2.31. The van der Waals surface area contributed by atoms with Crippen molar-refractivity contribution >= 4 is 47.0 Å². The van der Waals surface area contributed by atoms with Crippen molar-refractivity contribution in [3.63, 3.8) is 0 Å². The van der Waals surface area contributed by atoms with Gasteiger partial charge in [0, 0.05) is 29.0 Å². The first-order valence-electron chi connectivity index (χ1n) is 14.6. The molecule has 6 nitrogen and oxygen atoms in total. The van der Waals surface area contributed by atoms with Crippen molar-refractivity contribution < 1.29 is 14.3 Å². The Bertz CT molecular complexity index is 1790. The Morgan fingerprint density at radius 3 is 2.18 bits per heavy atom. The Hall–Kier alpha value is -4.52. The fourth-order valence-electron chi connectivity index (χ4n) is 4.66. The van der Waals surface area contributed by atoms with Crippen LogP contribution in [0, 0.1) is 0 Å². The average Bonchev–Trinajstić information content (AvgIpc) is 3.41. The van der Waals surface area contributed by atoms with Crippen LogP contribution in [0.3, 0.4) is 0 Å². The number of hydrogen-bond acceptors (Lipinski definition) is 5. The molecule has 1 aromatic heterocycles. The molecule has 0 aliphatic heterocycles. The van der Waals surface area contributed by atoms with Gasteiger partial charge in [-0.1, -0.05) is 86.4 Å². The van der Waals surface area contributed by atoms with Crippen molar-refractivity contribution in [2.75, 3.05) is 19.0 Å². The van der Waals surface area contributed by atoms with Crippen LogP contribution in [0.15, 0.2) is 97.2 Å². The second-order valence-corrected chi connectivity index (χ2v) is 12.5. The van der Waals surface area contributed by atoms with Crippen molar-refractivity contribution in [1.82, 2.24) is 9.55 Å². The lowest BCUT2D eigenvalue weighted by Gasteiger charge is -2.19. The highest BCUT2D eigenvalue weighted by Gasteiger charge is 2.14. The summed E-state index contributed by atoms with van der Waals surface area (Å²) in [6.07, 6.45) is 5.99. The number of carbonyl (C=O) groups is 1. The van der Waals surface area contributed by atoms with Gasteiger partial charge in [-0.3, -0.25) is 4.79 Å². The summed E-state index contributed by atoms with van der Waals surface area (Å²) in [5.74, 6) is 2.01. The number of carbonyl (C=O) groups excluding carboxylic acids is 1. The summed E-state index contributed by atoms with van der Waals surface area (Å²) in [5, 5.41) is 4.16. The van der Waals surface area contributed by atoms with E-state index in [1.165, 1.54) is 12.7 Å². The maximum atomic E-state index is 11.5. The summed E-state index contributed by atoms with van der Waals surface area (Å²) in [6.45, 7) is 7.27. The zero-order chi connectivity index (χ0) is 32.0. The summed E-state index contributed by atoms with van der Waals surface area (Å²) in [7, 11) is 1.37. The molecule has 4 aromatic carbocycles. The Balaban J connectivity index is 1.34. The molecule has 0 radical (unpaired) electrons. The lowest BCUT2D eigenvalue weighted by Crippen LogP contribution is -2.14. The van der Waals surface area contributed by atoms with Crippen LogP contribution in [0.4, 0.5) is 5.69 Å². The molecule has 1 N–H and O–H groups in total. The molecule has 0 aliphatic carbocycles. The van der Waals surface area contributed by atoms with Crippen molar-refractivity contribution in [2.24, 2.45) is 0 Å². The second kappa shape index (κ2) is 14.1. The van der Waals surface area contributed by atoms with Crippen LogP contribution in [0.2, 0.25) is 10.0 Å². The molecule has 0 spiro atoms. The van der Waals surface area contributed by atoms with E-state index in [9.17, 15) is 4.79 Å². The highest BCUT2D eigenvalue weighted by atomic mass is 35.5. The maximum absolute atomic E-state index is 11.5. The predicted molar refractivity (Wildman–Crippen MR) is 184 cm³/mol. The molecule has 0 amide bonds. The van der Waals surface area contributed by atoms with Gasteiger partial charge in [0.15, 0.2) is 0 Å². The molecule has 5 rings (SSSR count). The van der Waals surface area contributed by atoms with Gasteiger partial charge in [-0.15, -0.1) is 0 Å². The molecule has 5 aromatic rings. The van der Waals surface area contributed by atoms with Crippen molar-refractivity contribution in [3.05, 3.63) is 130 Å². The predicted octanol–water partition coefficient (Wildman–Crippen LogP) is 9.75. The van der Waals surface area contributed by atoms with E-state index >= 15 is 0 Å². The molecule has 0 saturated heterocycles. The number of halogens is 2. The third-order valence-corrected chi connectivity index (χ3v) is 7.79. The average molecular weight is 641 g/mol. The van der Waals surface area contributed by atoms with Gasteiger partial charge in [-0.2, -0.15) is 0 Å². The van der Waals surface area contributed by atoms with Crippen LogP contribution < -0.4 is 10.1 Å². The lowest BCUT2D eigenvalue weighted by molar-refractivity contribution is -0.138. The number of anilines is 1. The van der Waals surface area contributed by atoms with Gasteiger partial charge in [0.05, 0.1) is 17.8 Å². The molecular formula is C37H35Cl2N3O3. The van der Waals surface area contributed by atoms with Crippen LogP contribution in [-0.4, -0.2) is 29.2 Å². The Morgan fingerprint density at radius 2 is 1.56 bits per heavy atom. The number of benzene rings is 4. The molecule has 0 unspecified atom stereocenters. The number of imidazole rings is 1. The Morgan fingerprint density at radius 1 is 0.889 bits per heavy atom. The molecule has 0 bridgehead atoms. The van der Waals surface area contributed by atoms with E-state index in [2.05, 4.69) is 42.8 Å². The van der Waals surface area contributed by atoms with Gasteiger partial charge in [0.2, 0.25) is 0 Å². The highest BCUT2D eigenvalue weighted by molar-refractivity contribution is 6.36. The Labute approximate surface area is 274 Å². The molecule has 0 saturated carbocycles. The summed E-state index contributed by atoms with van der Waals surface area (Å²) >= 11 is 12.7. The van der Waals surface area contributed by atoms with Crippen LogP contribution in [0.1, 0.15) is 43.3 Å². The zero-order valence-electron chi connectivity index (χ0n) is 25.7. The van der Waals surface area contributed by atoms with Gasteiger partial charge >= 0.3 is 5.97 Å². The summed E-state index contributed by atoms with van der Waals surface area (Å²) in [6, 6.07) is 29.5. The van der Waals surface area contributed by atoms with Crippen LogP contribution in [0.25, 0.3) is 23.4 Å². The number of esters is 1. The fourth-order valence-corrected chi connectivity index (χ4v) is 5.17. The first-order chi connectivity index (χ1) is 21.6. The Kier molecular flexibility index (Phi) is 9.96. The van der Waals surface area contributed by atoms with Gasteiger partial charge in [0.1, 0.15) is 23.9 Å². The maximum Gasteiger partial charge on any atom is 0.325 e.